The molecule has 0 spiro atoms. The number of carbonyl (C=O) groups excluding carboxylic acids is 1. The largest absolute Gasteiger partial charge is 0.378 e. The Morgan fingerprint density at radius 1 is 1.28 bits per heavy atom. The van der Waals surface area contributed by atoms with E-state index in [9.17, 15) is 9.90 Å². The van der Waals surface area contributed by atoms with Gasteiger partial charge in [0.2, 0.25) is 0 Å². The second kappa shape index (κ2) is 7.38. The van der Waals surface area contributed by atoms with Crippen LogP contribution in [0.5, 0.6) is 0 Å². The Balaban J connectivity index is 2.16. The SMILES string of the molecule is Cc1nc([C@H](C)N(C)C(=O)c2ccc(C#CC(C)(C)O)cc2)c(C)s1. The number of rotatable bonds is 3. The standard InChI is InChI=1S/C20H24N2O2S/c1-13(18-14(2)25-15(3)21-18)22(6)19(23)17-9-7-16(8-10-17)11-12-20(4,5)24/h7-10,13,24H,1-6H3/t13-/m0/s1. The zero-order valence-electron chi connectivity index (χ0n) is 15.5. The minimum atomic E-state index is -1.03. The van der Waals surface area contributed by atoms with Gasteiger partial charge in [-0.15, -0.1) is 11.3 Å². The molecule has 2 aromatic rings. The smallest absolute Gasteiger partial charge is 0.254 e. The van der Waals surface area contributed by atoms with E-state index >= 15 is 0 Å². The fraction of sp³-hybridized carbons (Fsp3) is 0.400. The van der Waals surface area contributed by atoms with Crippen LogP contribution in [-0.4, -0.2) is 33.5 Å². The third-order valence-corrected chi connectivity index (χ3v) is 4.78. The number of aromatic nitrogens is 1. The molecule has 1 N–H and O–H groups in total. The van der Waals surface area contributed by atoms with E-state index in [2.05, 4.69) is 16.8 Å². The number of amides is 1. The molecule has 1 atom stereocenters. The van der Waals surface area contributed by atoms with Crippen LogP contribution < -0.4 is 0 Å². The first kappa shape index (κ1) is 19.2. The minimum Gasteiger partial charge on any atom is -0.378 e. The zero-order chi connectivity index (χ0) is 18.8. The number of benzene rings is 1. The molecule has 0 fully saturated rings. The van der Waals surface area contributed by atoms with Gasteiger partial charge in [-0.1, -0.05) is 11.8 Å². The molecule has 0 bridgehead atoms. The topological polar surface area (TPSA) is 53.4 Å². The maximum Gasteiger partial charge on any atom is 0.254 e. The van der Waals surface area contributed by atoms with Gasteiger partial charge in [0, 0.05) is 23.1 Å². The van der Waals surface area contributed by atoms with E-state index in [4.69, 9.17) is 0 Å². The Hall–Kier alpha value is -2.16. The fourth-order valence-electron chi connectivity index (χ4n) is 2.42. The van der Waals surface area contributed by atoms with Crippen LogP contribution in [0.2, 0.25) is 0 Å². The lowest BCUT2D eigenvalue weighted by Gasteiger charge is -2.24. The second-order valence-corrected chi connectivity index (χ2v) is 8.06. The van der Waals surface area contributed by atoms with Crippen LogP contribution >= 0.6 is 11.3 Å². The highest BCUT2D eigenvalue weighted by molar-refractivity contribution is 7.11. The first-order chi connectivity index (χ1) is 11.6. The molecule has 0 saturated carbocycles. The molecule has 5 heteroatoms. The molecular formula is C20H24N2O2S. The van der Waals surface area contributed by atoms with Crippen molar-refractivity contribution >= 4 is 17.2 Å². The monoisotopic (exact) mass is 356 g/mol. The summed E-state index contributed by atoms with van der Waals surface area (Å²) in [6.45, 7) is 9.27. The highest BCUT2D eigenvalue weighted by Gasteiger charge is 2.22. The van der Waals surface area contributed by atoms with E-state index < -0.39 is 5.60 Å². The molecule has 4 nitrogen and oxygen atoms in total. The lowest BCUT2D eigenvalue weighted by Crippen LogP contribution is -2.30. The molecule has 0 aliphatic heterocycles. The molecule has 25 heavy (non-hydrogen) atoms. The summed E-state index contributed by atoms with van der Waals surface area (Å²) in [6, 6.07) is 7.02. The molecule has 0 aliphatic carbocycles. The van der Waals surface area contributed by atoms with Crippen molar-refractivity contribution in [2.24, 2.45) is 0 Å². The lowest BCUT2D eigenvalue weighted by molar-refractivity contribution is 0.0739. The Labute approximate surface area is 153 Å². The Kier molecular flexibility index (Phi) is 5.66. The van der Waals surface area contributed by atoms with Crippen molar-refractivity contribution in [3.63, 3.8) is 0 Å². The van der Waals surface area contributed by atoms with E-state index in [0.29, 0.717) is 5.56 Å². The highest BCUT2D eigenvalue weighted by Crippen LogP contribution is 2.27. The van der Waals surface area contributed by atoms with Crippen LogP contribution in [0, 0.1) is 25.7 Å². The van der Waals surface area contributed by atoms with E-state index in [1.54, 1.807) is 61.4 Å². The molecule has 1 amide bonds. The highest BCUT2D eigenvalue weighted by atomic mass is 32.1. The van der Waals surface area contributed by atoms with E-state index in [1.165, 1.54) is 0 Å². The molecule has 1 heterocycles. The zero-order valence-corrected chi connectivity index (χ0v) is 16.4. The van der Waals surface area contributed by atoms with Crippen LogP contribution in [0.15, 0.2) is 24.3 Å². The quantitative estimate of drug-likeness (QED) is 0.853. The molecule has 1 aromatic heterocycles. The van der Waals surface area contributed by atoms with Crippen LogP contribution in [0.1, 0.15) is 58.3 Å². The summed E-state index contributed by atoms with van der Waals surface area (Å²) in [5.41, 5.74) is 1.28. The van der Waals surface area contributed by atoms with Crippen molar-refractivity contribution in [3.8, 4) is 11.8 Å². The summed E-state index contributed by atoms with van der Waals surface area (Å²) in [6.07, 6.45) is 0. The van der Waals surface area contributed by atoms with Gasteiger partial charge in [0.05, 0.1) is 16.7 Å². The van der Waals surface area contributed by atoms with Gasteiger partial charge in [0.15, 0.2) is 0 Å². The van der Waals surface area contributed by atoms with Gasteiger partial charge in [-0.05, 0) is 58.9 Å². The summed E-state index contributed by atoms with van der Waals surface area (Å²) >= 11 is 1.65. The van der Waals surface area contributed by atoms with Gasteiger partial charge in [0.25, 0.3) is 5.91 Å². The molecule has 132 valence electrons. The minimum absolute atomic E-state index is 0.0560. The first-order valence-corrected chi connectivity index (χ1v) is 8.97. The summed E-state index contributed by atoms with van der Waals surface area (Å²) < 4.78 is 0. The van der Waals surface area contributed by atoms with Crippen LogP contribution in [0.3, 0.4) is 0 Å². The lowest BCUT2D eigenvalue weighted by atomic mass is 10.1. The number of carbonyl (C=O) groups is 1. The van der Waals surface area contributed by atoms with Crippen molar-refractivity contribution in [1.29, 1.82) is 0 Å². The van der Waals surface area contributed by atoms with Crippen molar-refractivity contribution < 1.29 is 9.90 Å². The van der Waals surface area contributed by atoms with Crippen LogP contribution in [0.25, 0.3) is 0 Å². The molecular weight excluding hydrogens is 332 g/mol. The Morgan fingerprint density at radius 2 is 1.88 bits per heavy atom. The molecule has 2 rings (SSSR count). The number of hydrogen-bond donors (Lipinski definition) is 1. The molecule has 0 radical (unpaired) electrons. The Bertz CT molecular complexity index is 820. The number of aliphatic hydroxyl groups is 1. The van der Waals surface area contributed by atoms with Crippen molar-refractivity contribution in [1.82, 2.24) is 9.88 Å². The van der Waals surface area contributed by atoms with Gasteiger partial charge in [-0.25, -0.2) is 4.98 Å². The third-order valence-electron chi connectivity index (χ3n) is 3.88. The van der Waals surface area contributed by atoms with E-state index in [1.807, 2.05) is 20.8 Å². The number of hydrogen-bond acceptors (Lipinski definition) is 4. The average Bonchev–Trinajstić information content (AvgIpc) is 2.89. The van der Waals surface area contributed by atoms with Gasteiger partial charge < -0.3 is 10.0 Å². The molecule has 1 aromatic carbocycles. The van der Waals surface area contributed by atoms with Crippen molar-refractivity contribution in [3.05, 3.63) is 51.0 Å². The van der Waals surface area contributed by atoms with Crippen LogP contribution in [0.4, 0.5) is 0 Å². The first-order valence-electron chi connectivity index (χ1n) is 8.15. The summed E-state index contributed by atoms with van der Waals surface area (Å²) in [4.78, 5) is 20.1. The molecule has 0 saturated heterocycles. The maximum absolute atomic E-state index is 12.7. The number of nitrogens with zero attached hydrogens (tertiary/aromatic N) is 2. The normalized spacial score (nSPS) is 12.3. The predicted octanol–water partition coefficient (Wildman–Crippen LogP) is 3.72. The number of thiazole rings is 1. The second-order valence-electron chi connectivity index (χ2n) is 6.65. The van der Waals surface area contributed by atoms with Crippen LogP contribution in [-0.2, 0) is 0 Å². The van der Waals surface area contributed by atoms with Gasteiger partial charge >= 0.3 is 0 Å². The number of aryl methyl sites for hydroxylation is 2. The molecule has 0 unspecified atom stereocenters. The van der Waals surface area contributed by atoms with Gasteiger partial charge in [0.1, 0.15) is 5.60 Å². The van der Waals surface area contributed by atoms with E-state index in [0.717, 1.165) is 21.1 Å². The summed E-state index contributed by atoms with van der Waals surface area (Å²) in [5, 5.41) is 10.7. The Morgan fingerprint density at radius 3 is 2.36 bits per heavy atom. The third kappa shape index (κ3) is 4.91. The molecule has 0 aliphatic rings. The van der Waals surface area contributed by atoms with E-state index in [-0.39, 0.29) is 11.9 Å². The maximum atomic E-state index is 12.7. The van der Waals surface area contributed by atoms with Crippen molar-refractivity contribution in [2.75, 3.05) is 7.05 Å². The van der Waals surface area contributed by atoms with Crippen molar-refractivity contribution in [2.45, 2.75) is 46.3 Å². The van der Waals surface area contributed by atoms with Gasteiger partial charge in [-0.2, -0.15) is 0 Å². The summed E-state index contributed by atoms with van der Waals surface area (Å²) in [7, 11) is 1.79. The van der Waals surface area contributed by atoms with Gasteiger partial charge in [-0.3, -0.25) is 4.79 Å². The predicted molar refractivity (Wildman–Crippen MR) is 102 cm³/mol. The fourth-order valence-corrected chi connectivity index (χ4v) is 3.32. The average molecular weight is 356 g/mol. The summed E-state index contributed by atoms with van der Waals surface area (Å²) in [5.74, 6) is 5.61.